The molecule has 4 heteroatoms. The first-order valence-corrected chi connectivity index (χ1v) is 10.4. The molecule has 32 heavy (non-hydrogen) atoms. The Morgan fingerprint density at radius 2 is 0.938 bits per heavy atom. The van der Waals surface area contributed by atoms with Crippen LogP contribution >= 0.6 is 0 Å². The first-order chi connectivity index (χ1) is 15.6. The molecule has 4 nitrogen and oxygen atoms in total. The van der Waals surface area contributed by atoms with E-state index in [-0.39, 0.29) is 11.6 Å². The van der Waals surface area contributed by atoms with Crippen LogP contribution in [0.4, 0.5) is 0 Å². The molecule has 3 aromatic rings. The molecule has 0 spiro atoms. The first-order valence-electron chi connectivity index (χ1n) is 10.4. The van der Waals surface area contributed by atoms with Crippen molar-refractivity contribution in [1.29, 1.82) is 0 Å². The van der Waals surface area contributed by atoms with Gasteiger partial charge in [0.05, 0.1) is 0 Å². The Morgan fingerprint density at radius 3 is 1.25 bits per heavy atom. The van der Waals surface area contributed by atoms with Crippen molar-refractivity contribution < 1.29 is 19.1 Å². The van der Waals surface area contributed by atoms with Crippen molar-refractivity contribution in [1.82, 2.24) is 0 Å². The van der Waals surface area contributed by atoms with Crippen LogP contribution in [0.5, 0.6) is 11.5 Å². The van der Waals surface area contributed by atoms with Gasteiger partial charge in [0, 0.05) is 24.0 Å². The minimum atomic E-state index is 0.0304. The van der Waals surface area contributed by atoms with Crippen LogP contribution < -0.4 is 9.47 Å². The zero-order chi connectivity index (χ0) is 22.8. The van der Waals surface area contributed by atoms with Gasteiger partial charge in [0.25, 0.3) is 0 Å². The van der Waals surface area contributed by atoms with Crippen LogP contribution in [0.25, 0.3) is 0 Å². The number of carbonyl (C=O) groups is 2. The number of rotatable bonds is 12. The van der Waals surface area contributed by atoms with Gasteiger partial charge in [-0.1, -0.05) is 49.6 Å². The zero-order valence-electron chi connectivity index (χ0n) is 18.0. The topological polar surface area (TPSA) is 52.6 Å². The number of Topliss-reactive ketones (excluding diaryl/α,β-unsaturated/α-hetero) is 2. The molecule has 0 aliphatic heterocycles. The smallest absolute Gasteiger partial charge is 0.167 e. The summed E-state index contributed by atoms with van der Waals surface area (Å²) in [5.74, 6) is 1.47. The van der Waals surface area contributed by atoms with Crippen molar-refractivity contribution in [3.05, 3.63) is 120 Å². The van der Waals surface area contributed by atoms with E-state index >= 15 is 0 Å². The lowest BCUT2D eigenvalue weighted by Crippen LogP contribution is -2.05. The molecule has 0 aliphatic carbocycles. The van der Waals surface area contributed by atoms with Crippen LogP contribution in [0.1, 0.15) is 31.8 Å². The first kappa shape index (κ1) is 22.8. The second-order valence-electron chi connectivity index (χ2n) is 7.26. The Hall–Kier alpha value is -3.92. The summed E-state index contributed by atoms with van der Waals surface area (Å²) in [7, 11) is 0. The minimum absolute atomic E-state index is 0.0304. The van der Waals surface area contributed by atoms with Gasteiger partial charge in [-0.15, -0.1) is 0 Å². The van der Waals surface area contributed by atoms with E-state index in [0.29, 0.717) is 48.7 Å². The quantitative estimate of drug-likeness (QED) is 0.277. The third-order valence-corrected chi connectivity index (χ3v) is 4.84. The van der Waals surface area contributed by atoms with Crippen LogP contribution in [-0.2, 0) is 12.8 Å². The van der Waals surface area contributed by atoms with E-state index in [1.54, 1.807) is 60.7 Å². The minimum Gasteiger partial charge on any atom is -0.490 e. The molecule has 162 valence electrons. The van der Waals surface area contributed by atoms with E-state index in [4.69, 9.17) is 9.47 Å². The normalized spacial score (nSPS) is 10.2. The zero-order valence-corrected chi connectivity index (χ0v) is 18.0. The summed E-state index contributed by atoms with van der Waals surface area (Å²) in [6.07, 6.45) is 3.94. The summed E-state index contributed by atoms with van der Waals surface area (Å²) >= 11 is 0. The predicted molar refractivity (Wildman–Crippen MR) is 127 cm³/mol. The summed E-state index contributed by atoms with van der Waals surface area (Å²) in [6.45, 7) is 8.08. The summed E-state index contributed by atoms with van der Waals surface area (Å²) in [5, 5.41) is 0. The molecule has 0 unspecified atom stereocenters. The van der Waals surface area contributed by atoms with E-state index in [2.05, 4.69) is 13.2 Å². The van der Waals surface area contributed by atoms with E-state index in [1.165, 1.54) is 0 Å². The summed E-state index contributed by atoms with van der Waals surface area (Å²) < 4.78 is 10.9. The highest BCUT2D eigenvalue weighted by Crippen LogP contribution is 2.17. The Balaban J connectivity index is 1.55. The SMILES string of the molecule is C=CCOc1ccc(C(=O)Cc2ccc(CC(=O)c3ccc(OCC=C)cc3)cc2)cc1. The lowest BCUT2D eigenvalue weighted by atomic mass is 9.99. The molecule has 0 aromatic heterocycles. The number of benzene rings is 3. The Labute approximate surface area is 188 Å². The average molecular weight is 427 g/mol. The average Bonchev–Trinajstić information content (AvgIpc) is 2.83. The molecule has 0 radical (unpaired) electrons. The lowest BCUT2D eigenvalue weighted by molar-refractivity contribution is 0.0984. The van der Waals surface area contributed by atoms with Crippen molar-refractivity contribution in [3.63, 3.8) is 0 Å². The summed E-state index contributed by atoms with van der Waals surface area (Å²) in [4.78, 5) is 25.1. The van der Waals surface area contributed by atoms with Gasteiger partial charge in [0.15, 0.2) is 11.6 Å². The number of ether oxygens (including phenoxy) is 2. The number of carbonyl (C=O) groups excluding carboxylic acids is 2. The molecule has 0 fully saturated rings. The monoisotopic (exact) mass is 426 g/mol. The fourth-order valence-electron chi connectivity index (χ4n) is 3.13. The number of hydrogen-bond donors (Lipinski definition) is 0. The Morgan fingerprint density at radius 1 is 0.594 bits per heavy atom. The largest absolute Gasteiger partial charge is 0.490 e. The molecule has 0 heterocycles. The molecule has 0 saturated heterocycles. The van der Waals surface area contributed by atoms with Crippen LogP contribution in [0.2, 0.25) is 0 Å². The molecule has 3 aromatic carbocycles. The molecule has 0 N–H and O–H groups in total. The molecule has 3 rings (SSSR count). The maximum atomic E-state index is 12.6. The third kappa shape index (κ3) is 6.54. The molecular formula is C28H26O4. The molecule has 0 saturated carbocycles. The van der Waals surface area contributed by atoms with Crippen LogP contribution in [0.15, 0.2) is 98.1 Å². The van der Waals surface area contributed by atoms with Crippen molar-refractivity contribution >= 4 is 11.6 Å². The van der Waals surface area contributed by atoms with Gasteiger partial charge < -0.3 is 9.47 Å². The highest BCUT2D eigenvalue weighted by Gasteiger charge is 2.10. The fraction of sp³-hybridized carbons (Fsp3) is 0.143. The van der Waals surface area contributed by atoms with Crippen LogP contribution in [-0.4, -0.2) is 24.8 Å². The Kier molecular flexibility index (Phi) is 8.15. The summed E-state index contributed by atoms with van der Waals surface area (Å²) in [6, 6.07) is 21.8. The van der Waals surface area contributed by atoms with Crippen molar-refractivity contribution in [2.45, 2.75) is 12.8 Å². The summed E-state index contributed by atoms with van der Waals surface area (Å²) in [5.41, 5.74) is 3.08. The van der Waals surface area contributed by atoms with E-state index in [9.17, 15) is 9.59 Å². The van der Waals surface area contributed by atoms with Crippen LogP contribution in [0, 0.1) is 0 Å². The van der Waals surface area contributed by atoms with Crippen LogP contribution in [0.3, 0.4) is 0 Å². The standard InChI is InChI=1S/C28H26O4/c1-3-17-31-25-13-9-23(10-14-25)27(29)19-21-5-7-22(8-6-21)20-28(30)24-11-15-26(16-12-24)32-18-4-2/h3-16H,1-2,17-20H2. The maximum Gasteiger partial charge on any atom is 0.167 e. The van der Waals surface area contributed by atoms with Crippen molar-refractivity contribution in [3.8, 4) is 11.5 Å². The predicted octanol–water partition coefficient (Wildman–Crippen LogP) is 5.67. The number of ketones is 2. The van der Waals surface area contributed by atoms with Gasteiger partial charge in [0.1, 0.15) is 24.7 Å². The highest BCUT2D eigenvalue weighted by atomic mass is 16.5. The van der Waals surface area contributed by atoms with Gasteiger partial charge in [-0.05, 0) is 59.7 Å². The van der Waals surface area contributed by atoms with Gasteiger partial charge in [-0.25, -0.2) is 0 Å². The second-order valence-corrected chi connectivity index (χ2v) is 7.26. The lowest BCUT2D eigenvalue weighted by Gasteiger charge is -2.07. The third-order valence-electron chi connectivity index (χ3n) is 4.84. The molecule has 0 atom stereocenters. The van der Waals surface area contributed by atoms with Crippen molar-refractivity contribution in [2.24, 2.45) is 0 Å². The second kappa shape index (κ2) is 11.5. The highest BCUT2D eigenvalue weighted by molar-refractivity contribution is 5.98. The maximum absolute atomic E-state index is 12.6. The van der Waals surface area contributed by atoms with E-state index < -0.39 is 0 Å². The van der Waals surface area contributed by atoms with Gasteiger partial charge in [0.2, 0.25) is 0 Å². The molecule has 0 bridgehead atoms. The van der Waals surface area contributed by atoms with E-state index in [0.717, 1.165) is 11.1 Å². The fourth-order valence-corrected chi connectivity index (χ4v) is 3.13. The number of hydrogen-bond acceptors (Lipinski definition) is 4. The molecule has 0 amide bonds. The molecule has 0 aliphatic rings. The van der Waals surface area contributed by atoms with Crippen molar-refractivity contribution in [2.75, 3.05) is 13.2 Å². The molecular weight excluding hydrogens is 400 g/mol. The van der Waals surface area contributed by atoms with Gasteiger partial charge >= 0.3 is 0 Å². The Bertz CT molecular complexity index is 973. The van der Waals surface area contributed by atoms with E-state index in [1.807, 2.05) is 24.3 Å². The van der Waals surface area contributed by atoms with Gasteiger partial charge in [-0.3, -0.25) is 9.59 Å². The van der Waals surface area contributed by atoms with Gasteiger partial charge in [-0.2, -0.15) is 0 Å².